The first-order chi connectivity index (χ1) is 9.92. The molecular weight excluding hydrogens is 280 g/mol. The van der Waals surface area contributed by atoms with Gasteiger partial charge in [-0.15, -0.1) is 11.3 Å². The highest BCUT2D eigenvalue weighted by Crippen LogP contribution is 2.37. The van der Waals surface area contributed by atoms with E-state index < -0.39 is 0 Å². The molecule has 1 aliphatic carbocycles. The standard InChI is InChI=1S/C16H24N4S/c1-16(2,3)17-10-11-6-5-7-13-14(11)18-15(21-13)12-8-9-20(4)19-12/h8-9,11,17H,5-7,10H2,1-4H3. The molecule has 2 aromatic rings. The highest BCUT2D eigenvalue weighted by Gasteiger charge is 2.26. The Labute approximate surface area is 130 Å². The summed E-state index contributed by atoms with van der Waals surface area (Å²) in [6.45, 7) is 7.67. The zero-order valence-electron chi connectivity index (χ0n) is 13.3. The van der Waals surface area contributed by atoms with E-state index in [0.717, 1.165) is 17.2 Å². The van der Waals surface area contributed by atoms with Crippen molar-refractivity contribution in [2.24, 2.45) is 7.05 Å². The molecule has 0 saturated heterocycles. The van der Waals surface area contributed by atoms with Gasteiger partial charge in [0.15, 0.2) is 0 Å². The first-order valence-corrected chi connectivity index (χ1v) is 8.49. The second-order valence-electron chi connectivity index (χ2n) is 6.92. The lowest BCUT2D eigenvalue weighted by Crippen LogP contribution is -2.39. The predicted molar refractivity (Wildman–Crippen MR) is 87.8 cm³/mol. The van der Waals surface area contributed by atoms with Gasteiger partial charge in [0.25, 0.3) is 0 Å². The Bertz CT molecular complexity index is 621. The number of fused-ring (bicyclic) bond motifs is 1. The van der Waals surface area contributed by atoms with E-state index in [-0.39, 0.29) is 5.54 Å². The summed E-state index contributed by atoms with van der Waals surface area (Å²) in [6.07, 6.45) is 5.66. The summed E-state index contributed by atoms with van der Waals surface area (Å²) in [5.41, 5.74) is 2.47. The fourth-order valence-electron chi connectivity index (χ4n) is 2.77. The third-order valence-electron chi connectivity index (χ3n) is 3.88. The van der Waals surface area contributed by atoms with Crippen molar-refractivity contribution in [3.8, 4) is 10.7 Å². The van der Waals surface area contributed by atoms with E-state index in [2.05, 4.69) is 31.2 Å². The number of nitrogens with zero attached hydrogens (tertiary/aromatic N) is 3. The van der Waals surface area contributed by atoms with Gasteiger partial charge in [-0.25, -0.2) is 4.98 Å². The maximum absolute atomic E-state index is 4.92. The van der Waals surface area contributed by atoms with Gasteiger partial charge >= 0.3 is 0 Å². The minimum absolute atomic E-state index is 0.164. The monoisotopic (exact) mass is 304 g/mol. The predicted octanol–water partition coefficient (Wildman–Crippen LogP) is 3.35. The molecule has 0 aromatic carbocycles. The highest BCUT2D eigenvalue weighted by atomic mass is 32.1. The number of nitrogens with one attached hydrogen (secondary N) is 1. The number of hydrogen-bond acceptors (Lipinski definition) is 4. The largest absolute Gasteiger partial charge is 0.311 e. The quantitative estimate of drug-likeness (QED) is 0.945. The van der Waals surface area contributed by atoms with Crippen LogP contribution in [0.25, 0.3) is 10.7 Å². The second kappa shape index (κ2) is 5.54. The first kappa shape index (κ1) is 14.7. The molecule has 0 aliphatic heterocycles. The lowest BCUT2D eigenvalue weighted by molar-refractivity contribution is 0.388. The molecule has 0 amide bonds. The van der Waals surface area contributed by atoms with Crippen molar-refractivity contribution in [2.75, 3.05) is 6.54 Å². The van der Waals surface area contributed by atoms with E-state index in [1.165, 1.54) is 29.8 Å². The summed E-state index contributed by atoms with van der Waals surface area (Å²) in [5, 5.41) is 9.19. The number of aromatic nitrogens is 3. The molecule has 0 saturated carbocycles. The Kier molecular flexibility index (Phi) is 3.88. The van der Waals surface area contributed by atoms with Gasteiger partial charge in [0.05, 0.1) is 5.69 Å². The van der Waals surface area contributed by atoms with Crippen LogP contribution >= 0.6 is 11.3 Å². The third-order valence-corrected chi connectivity index (χ3v) is 5.04. The lowest BCUT2D eigenvalue weighted by atomic mass is 9.90. The lowest BCUT2D eigenvalue weighted by Gasteiger charge is -2.27. The number of hydrogen-bond donors (Lipinski definition) is 1. The molecule has 0 radical (unpaired) electrons. The van der Waals surface area contributed by atoms with E-state index in [0.29, 0.717) is 5.92 Å². The SMILES string of the molecule is Cn1ccc(-c2nc3c(s2)CCCC3CNC(C)(C)C)n1. The molecule has 114 valence electrons. The topological polar surface area (TPSA) is 42.7 Å². The maximum atomic E-state index is 4.92. The van der Waals surface area contributed by atoms with Crippen molar-refractivity contribution in [3.05, 3.63) is 22.8 Å². The minimum atomic E-state index is 0.164. The molecule has 4 nitrogen and oxygen atoms in total. The smallest absolute Gasteiger partial charge is 0.144 e. The number of aryl methyl sites for hydroxylation is 2. The zero-order valence-corrected chi connectivity index (χ0v) is 14.1. The Balaban J connectivity index is 1.83. The van der Waals surface area contributed by atoms with Crippen LogP contribution < -0.4 is 5.32 Å². The molecule has 2 heterocycles. The van der Waals surface area contributed by atoms with Crippen LogP contribution in [0.2, 0.25) is 0 Å². The van der Waals surface area contributed by atoms with E-state index in [4.69, 9.17) is 4.98 Å². The zero-order chi connectivity index (χ0) is 15.0. The van der Waals surface area contributed by atoms with E-state index >= 15 is 0 Å². The summed E-state index contributed by atoms with van der Waals surface area (Å²) in [6, 6.07) is 2.05. The molecule has 1 aliphatic rings. The van der Waals surface area contributed by atoms with Crippen molar-refractivity contribution in [1.82, 2.24) is 20.1 Å². The fraction of sp³-hybridized carbons (Fsp3) is 0.625. The summed E-state index contributed by atoms with van der Waals surface area (Å²) < 4.78 is 1.84. The van der Waals surface area contributed by atoms with Crippen molar-refractivity contribution in [1.29, 1.82) is 0 Å². The van der Waals surface area contributed by atoms with Crippen LogP contribution in [0.5, 0.6) is 0 Å². The van der Waals surface area contributed by atoms with Gasteiger partial charge in [-0.05, 0) is 46.1 Å². The van der Waals surface area contributed by atoms with Gasteiger partial charge in [0.1, 0.15) is 10.7 Å². The van der Waals surface area contributed by atoms with Crippen LogP contribution in [0.15, 0.2) is 12.3 Å². The van der Waals surface area contributed by atoms with Crippen LogP contribution in [-0.2, 0) is 13.5 Å². The number of thiazole rings is 1. The molecule has 2 aromatic heterocycles. The van der Waals surface area contributed by atoms with E-state index in [1.54, 1.807) is 0 Å². The molecular formula is C16H24N4S. The van der Waals surface area contributed by atoms with Gasteiger partial charge in [-0.1, -0.05) is 0 Å². The average Bonchev–Trinajstić information content (AvgIpc) is 3.01. The van der Waals surface area contributed by atoms with Crippen LogP contribution in [0.3, 0.4) is 0 Å². The van der Waals surface area contributed by atoms with Gasteiger partial charge < -0.3 is 5.32 Å². The second-order valence-corrected chi connectivity index (χ2v) is 8.01. The average molecular weight is 304 g/mol. The summed E-state index contributed by atoms with van der Waals surface area (Å²) in [4.78, 5) is 6.38. The van der Waals surface area contributed by atoms with Crippen molar-refractivity contribution in [2.45, 2.75) is 51.5 Å². The maximum Gasteiger partial charge on any atom is 0.144 e. The summed E-state index contributed by atoms with van der Waals surface area (Å²) in [5.74, 6) is 0.543. The Morgan fingerprint density at radius 3 is 2.90 bits per heavy atom. The van der Waals surface area contributed by atoms with Crippen molar-refractivity contribution in [3.63, 3.8) is 0 Å². The number of rotatable bonds is 3. The van der Waals surface area contributed by atoms with E-state index in [1.807, 2.05) is 35.3 Å². The Morgan fingerprint density at radius 2 is 2.24 bits per heavy atom. The molecule has 0 bridgehead atoms. The molecule has 1 unspecified atom stereocenters. The molecule has 3 rings (SSSR count). The van der Waals surface area contributed by atoms with Gasteiger partial charge in [0, 0.05) is 36.1 Å². The minimum Gasteiger partial charge on any atom is -0.311 e. The normalized spacial score (nSPS) is 18.8. The Morgan fingerprint density at radius 1 is 1.43 bits per heavy atom. The summed E-state index contributed by atoms with van der Waals surface area (Å²) >= 11 is 1.82. The van der Waals surface area contributed by atoms with Crippen molar-refractivity contribution < 1.29 is 0 Å². The first-order valence-electron chi connectivity index (χ1n) is 7.67. The van der Waals surface area contributed by atoms with Gasteiger partial charge in [0.2, 0.25) is 0 Å². The van der Waals surface area contributed by atoms with Crippen LogP contribution in [0.4, 0.5) is 0 Å². The van der Waals surface area contributed by atoms with Crippen LogP contribution in [0, 0.1) is 0 Å². The molecule has 1 atom stereocenters. The van der Waals surface area contributed by atoms with Crippen molar-refractivity contribution >= 4 is 11.3 Å². The molecule has 5 heteroatoms. The molecule has 1 N–H and O–H groups in total. The van der Waals surface area contributed by atoms with Gasteiger partial charge in [-0.3, -0.25) is 4.68 Å². The molecule has 0 fully saturated rings. The molecule has 0 spiro atoms. The third kappa shape index (κ3) is 3.35. The van der Waals surface area contributed by atoms with Crippen LogP contribution in [-0.4, -0.2) is 26.8 Å². The van der Waals surface area contributed by atoms with E-state index in [9.17, 15) is 0 Å². The summed E-state index contributed by atoms with van der Waals surface area (Å²) in [7, 11) is 1.95. The highest BCUT2D eigenvalue weighted by molar-refractivity contribution is 7.15. The Hall–Kier alpha value is -1.20. The van der Waals surface area contributed by atoms with Gasteiger partial charge in [-0.2, -0.15) is 5.10 Å². The fourth-order valence-corrected chi connectivity index (χ4v) is 3.93. The van der Waals surface area contributed by atoms with Crippen LogP contribution in [0.1, 0.15) is 50.1 Å². The molecule has 21 heavy (non-hydrogen) atoms.